The van der Waals surface area contributed by atoms with Gasteiger partial charge in [-0.1, -0.05) is 23.7 Å². The van der Waals surface area contributed by atoms with E-state index in [4.69, 9.17) is 11.6 Å². The summed E-state index contributed by atoms with van der Waals surface area (Å²) in [6, 6.07) is 7.08. The quantitative estimate of drug-likeness (QED) is 0.862. The second-order valence-electron chi connectivity index (χ2n) is 7.56. The van der Waals surface area contributed by atoms with Crippen LogP contribution in [0.1, 0.15) is 37.3 Å². The minimum Gasteiger partial charge on any atom is -0.345 e. The number of likely N-dealkylation sites (tertiary alicyclic amines) is 1. The third-order valence-electron chi connectivity index (χ3n) is 6.18. The van der Waals surface area contributed by atoms with Gasteiger partial charge in [-0.3, -0.25) is 0 Å². The van der Waals surface area contributed by atoms with Crippen molar-refractivity contribution in [3.8, 4) is 0 Å². The van der Waals surface area contributed by atoms with Gasteiger partial charge in [0.25, 0.3) is 0 Å². The summed E-state index contributed by atoms with van der Waals surface area (Å²) in [6.45, 7) is 6.39. The summed E-state index contributed by atoms with van der Waals surface area (Å²) in [5.41, 5.74) is 3.74. The predicted molar refractivity (Wildman–Crippen MR) is 106 cm³/mol. The fraction of sp³-hybridized carbons (Fsp3) is 0.550. The highest BCUT2D eigenvalue weighted by atomic mass is 35.5. The minimum atomic E-state index is 0.0474. The van der Waals surface area contributed by atoms with Gasteiger partial charge >= 0.3 is 6.03 Å². The zero-order valence-electron chi connectivity index (χ0n) is 15.7. The van der Waals surface area contributed by atoms with E-state index in [1.165, 1.54) is 16.5 Å². The summed E-state index contributed by atoms with van der Waals surface area (Å²) in [5, 5.41) is 5.33. The Kier molecular flexibility index (Phi) is 4.61. The summed E-state index contributed by atoms with van der Waals surface area (Å²) >= 11 is 6.48. The van der Waals surface area contributed by atoms with Crippen molar-refractivity contribution in [1.82, 2.24) is 20.1 Å². The number of halogens is 1. The van der Waals surface area contributed by atoms with Gasteiger partial charge in [0, 0.05) is 48.5 Å². The highest BCUT2D eigenvalue weighted by Crippen LogP contribution is 2.45. The number of urea groups is 1. The number of piperidine rings is 1. The maximum atomic E-state index is 12.5. The van der Waals surface area contributed by atoms with Crippen LogP contribution in [0.5, 0.6) is 0 Å². The first kappa shape index (κ1) is 17.7. The number of carbonyl (C=O) groups is 1. The first-order valence-corrected chi connectivity index (χ1v) is 9.95. The lowest BCUT2D eigenvalue weighted by molar-refractivity contribution is 0.124. The molecule has 1 aliphatic carbocycles. The van der Waals surface area contributed by atoms with Crippen molar-refractivity contribution < 1.29 is 4.79 Å². The lowest BCUT2D eigenvalue weighted by Gasteiger charge is -2.46. The molecule has 2 heterocycles. The smallest absolute Gasteiger partial charge is 0.317 e. The highest BCUT2D eigenvalue weighted by molar-refractivity contribution is 6.32. The number of aromatic nitrogens is 1. The van der Waals surface area contributed by atoms with Gasteiger partial charge in [-0.05, 0) is 50.9 Å². The van der Waals surface area contributed by atoms with Gasteiger partial charge in [0.2, 0.25) is 0 Å². The van der Waals surface area contributed by atoms with Crippen LogP contribution in [0, 0.1) is 0 Å². The molecule has 2 amide bonds. The molecule has 26 heavy (non-hydrogen) atoms. The Bertz CT molecular complexity index is 829. The molecule has 1 fully saturated rings. The van der Waals surface area contributed by atoms with Crippen molar-refractivity contribution in [3.05, 3.63) is 34.5 Å². The number of benzene rings is 1. The SMILES string of the molecule is CCN(CC)C(=O)N[C@H]1CC2c3cccc4[nH]c(Cl)c(c34)C[C@H]2N(C)C1. The Hall–Kier alpha value is -1.72. The number of H-pyrrole nitrogens is 1. The van der Waals surface area contributed by atoms with E-state index in [1.54, 1.807) is 0 Å². The first-order valence-electron chi connectivity index (χ1n) is 9.58. The average molecular weight is 375 g/mol. The fourth-order valence-electron chi connectivity index (χ4n) is 4.87. The minimum absolute atomic E-state index is 0.0474. The molecule has 3 atom stereocenters. The van der Waals surface area contributed by atoms with E-state index in [1.807, 2.05) is 18.7 Å². The van der Waals surface area contributed by atoms with E-state index >= 15 is 0 Å². The van der Waals surface area contributed by atoms with Gasteiger partial charge in [-0.25, -0.2) is 4.79 Å². The van der Waals surface area contributed by atoms with Crippen LogP contribution in [0.3, 0.4) is 0 Å². The van der Waals surface area contributed by atoms with Crippen LogP contribution in [-0.2, 0) is 6.42 Å². The molecule has 6 heteroatoms. The number of hydrogen-bond acceptors (Lipinski definition) is 2. The highest BCUT2D eigenvalue weighted by Gasteiger charge is 2.40. The Morgan fingerprint density at radius 3 is 2.88 bits per heavy atom. The van der Waals surface area contributed by atoms with E-state index in [0.29, 0.717) is 12.0 Å². The maximum absolute atomic E-state index is 12.5. The molecule has 2 aliphatic rings. The second kappa shape index (κ2) is 6.78. The number of rotatable bonds is 3. The standard InChI is InChI=1S/C20H27ClN4O/c1-4-25(5-2)20(26)22-12-9-14-13-7-6-8-16-18(13)15(19(21)23-16)10-17(14)24(3)11-12/h6-8,12,14,17,23H,4-5,9-11H2,1-3H3,(H,22,26)/t12-,14?,17+/m0/s1. The molecule has 0 bridgehead atoms. The van der Waals surface area contributed by atoms with Crippen molar-refractivity contribution in [2.75, 3.05) is 26.7 Å². The zero-order valence-corrected chi connectivity index (χ0v) is 16.4. The topological polar surface area (TPSA) is 51.4 Å². The van der Waals surface area contributed by atoms with E-state index in [-0.39, 0.29) is 12.1 Å². The van der Waals surface area contributed by atoms with Gasteiger partial charge in [0.05, 0.1) is 0 Å². The van der Waals surface area contributed by atoms with Crippen LogP contribution in [0.2, 0.25) is 5.15 Å². The molecule has 2 N–H and O–H groups in total. The molecule has 140 valence electrons. The third-order valence-corrected chi connectivity index (χ3v) is 6.50. The lowest BCUT2D eigenvalue weighted by atomic mass is 9.74. The normalized spacial score (nSPS) is 25.2. The molecule has 1 aromatic carbocycles. The Balaban J connectivity index is 1.63. The Labute approximate surface area is 159 Å². The molecule has 0 saturated carbocycles. The summed E-state index contributed by atoms with van der Waals surface area (Å²) in [6.07, 6.45) is 1.94. The predicted octanol–water partition coefficient (Wildman–Crippen LogP) is 3.59. The van der Waals surface area contributed by atoms with Crippen LogP contribution in [0.4, 0.5) is 4.79 Å². The third kappa shape index (κ3) is 2.78. The number of hydrogen-bond donors (Lipinski definition) is 2. The van der Waals surface area contributed by atoms with Gasteiger partial charge < -0.3 is 20.1 Å². The molecular formula is C20H27ClN4O. The molecule has 2 aromatic rings. The fourth-order valence-corrected chi connectivity index (χ4v) is 5.14. The first-order chi connectivity index (χ1) is 12.5. The summed E-state index contributed by atoms with van der Waals surface area (Å²) in [7, 11) is 2.17. The van der Waals surface area contributed by atoms with E-state index in [0.717, 1.165) is 43.1 Å². The maximum Gasteiger partial charge on any atom is 0.317 e. The lowest BCUT2D eigenvalue weighted by Crippen LogP contribution is -2.56. The number of amides is 2. The molecule has 0 spiro atoms. The Morgan fingerprint density at radius 1 is 1.38 bits per heavy atom. The van der Waals surface area contributed by atoms with Crippen LogP contribution < -0.4 is 5.32 Å². The average Bonchev–Trinajstić information content (AvgIpc) is 2.94. The van der Waals surface area contributed by atoms with Crippen molar-refractivity contribution in [1.29, 1.82) is 0 Å². The van der Waals surface area contributed by atoms with E-state index in [9.17, 15) is 4.79 Å². The van der Waals surface area contributed by atoms with Crippen molar-refractivity contribution >= 4 is 28.5 Å². The summed E-state index contributed by atoms with van der Waals surface area (Å²) in [4.78, 5) is 20.1. The van der Waals surface area contributed by atoms with Crippen molar-refractivity contribution in [3.63, 3.8) is 0 Å². The number of carbonyl (C=O) groups excluding carboxylic acids is 1. The number of fused-ring (bicyclic) bond motifs is 2. The van der Waals surface area contributed by atoms with Crippen LogP contribution in [0.15, 0.2) is 18.2 Å². The molecule has 0 radical (unpaired) electrons. The zero-order chi connectivity index (χ0) is 18.4. The van der Waals surface area contributed by atoms with Crippen molar-refractivity contribution in [2.24, 2.45) is 0 Å². The Morgan fingerprint density at radius 2 is 2.15 bits per heavy atom. The monoisotopic (exact) mass is 374 g/mol. The van der Waals surface area contributed by atoms with Gasteiger partial charge in [0.1, 0.15) is 5.15 Å². The van der Waals surface area contributed by atoms with Gasteiger partial charge in [-0.2, -0.15) is 0 Å². The van der Waals surface area contributed by atoms with Gasteiger partial charge in [0.15, 0.2) is 0 Å². The molecule has 1 aliphatic heterocycles. The molecular weight excluding hydrogens is 348 g/mol. The molecule has 1 aromatic heterocycles. The summed E-state index contributed by atoms with van der Waals surface area (Å²) in [5.74, 6) is 0.416. The van der Waals surface area contributed by atoms with Crippen molar-refractivity contribution in [2.45, 2.75) is 44.7 Å². The summed E-state index contributed by atoms with van der Waals surface area (Å²) < 4.78 is 0. The van der Waals surface area contributed by atoms with E-state index < -0.39 is 0 Å². The van der Waals surface area contributed by atoms with Crippen LogP contribution in [0.25, 0.3) is 10.9 Å². The van der Waals surface area contributed by atoms with Crippen LogP contribution >= 0.6 is 11.6 Å². The number of nitrogens with zero attached hydrogens (tertiary/aromatic N) is 2. The molecule has 5 nitrogen and oxygen atoms in total. The van der Waals surface area contributed by atoms with Gasteiger partial charge in [-0.15, -0.1) is 0 Å². The number of likely N-dealkylation sites (N-methyl/N-ethyl adjacent to an activating group) is 1. The van der Waals surface area contributed by atoms with E-state index in [2.05, 4.69) is 40.4 Å². The largest absolute Gasteiger partial charge is 0.345 e. The number of nitrogens with one attached hydrogen (secondary N) is 2. The molecule has 1 unspecified atom stereocenters. The second-order valence-corrected chi connectivity index (χ2v) is 7.94. The van der Waals surface area contributed by atoms with Crippen LogP contribution in [-0.4, -0.2) is 59.6 Å². The molecule has 4 rings (SSSR count). The molecule has 1 saturated heterocycles. The number of aromatic amines is 1.